The molecule has 1 aliphatic rings. The van der Waals surface area contributed by atoms with Crippen LogP contribution in [0.25, 0.3) is 11.1 Å². The van der Waals surface area contributed by atoms with Gasteiger partial charge in [0.2, 0.25) is 0 Å². The van der Waals surface area contributed by atoms with E-state index in [4.69, 9.17) is 9.47 Å². The lowest BCUT2D eigenvalue weighted by Crippen LogP contribution is -2.27. The third kappa shape index (κ3) is 7.00. The van der Waals surface area contributed by atoms with Gasteiger partial charge >= 0.3 is 0 Å². The van der Waals surface area contributed by atoms with Gasteiger partial charge in [-0.1, -0.05) is 32.9 Å². The number of ether oxygens (including phenoxy) is 2. The molecule has 184 valence electrons. The van der Waals surface area contributed by atoms with Crippen molar-refractivity contribution in [3.05, 3.63) is 47.5 Å². The van der Waals surface area contributed by atoms with Crippen molar-refractivity contribution in [2.24, 2.45) is 5.16 Å². The third-order valence-corrected chi connectivity index (χ3v) is 6.02. The normalized spacial score (nSPS) is 11.5. The first-order valence-electron chi connectivity index (χ1n) is 11.4. The molecule has 8 heteroatoms. The number of hydrogen-bond acceptors (Lipinski definition) is 6. The number of likely N-dealkylation sites (N-methyl/N-ethyl adjacent to an activating group) is 2. The van der Waals surface area contributed by atoms with Gasteiger partial charge in [0.1, 0.15) is 30.4 Å². The summed E-state index contributed by atoms with van der Waals surface area (Å²) in [6, 6.07) is 12.0. The number of nitrogens with zero attached hydrogens (tertiary/aromatic N) is 3. The molecule has 0 atom stereocenters. The van der Waals surface area contributed by atoms with E-state index in [1.807, 2.05) is 36.4 Å². The molecule has 1 N–H and O–H groups in total. The molecule has 0 unspecified atom stereocenters. The highest BCUT2D eigenvalue weighted by Gasteiger charge is 2.26. The summed E-state index contributed by atoms with van der Waals surface area (Å²) in [5.41, 5.74) is 4.44. The van der Waals surface area contributed by atoms with E-state index in [1.54, 1.807) is 0 Å². The van der Waals surface area contributed by atoms with Gasteiger partial charge in [-0.25, -0.2) is 0 Å². The first-order chi connectivity index (χ1) is 15.1. The van der Waals surface area contributed by atoms with Crippen molar-refractivity contribution in [3.8, 4) is 22.6 Å². The van der Waals surface area contributed by atoms with E-state index in [1.165, 1.54) is 0 Å². The van der Waals surface area contributed by atoms with Crippen LogP contribution in [-0.2, 0) is 0 Å². The molecule has 0 saturated heterocycles. The Morgan fingerprint density at radius 2 is 1.06 bits per heavy atom. The number of fused-ring (bicyclic) bond motifs is 3. The van der Waals surface area contributed by atoms with Gasteiger partial charge in [0, 0.05) is 24.2 Å². The summed E-state index contributed by atoms with van der Waals surface area (Å²) in [7, 11) is 0. The number of hydrogen-bond donors (Lipinski definition) is 1. The zero-order chi connectivity index (χ0) is 22.2. The molecule has 0 saturated carbocycles. The summed E-state index contributed by atoms with van der Waals surface area (Å²) in [5.74, 6) is 1.58. The highest BCUT2D eigenvalue weighted by atomic mass is 35.5. The molecule has 0 amide bonds. The lowest BCUT2D eigenvalue weighted by atomic mass is 10.1. The highest BCUT2D eigenvalue weighted by molar-refractivity contribution is 6.24. The van der Waals surface area contributed by atoms with Gasteiger partial charge in [-0.05, 0) is 73.7 Å². The largest absolute Gasteiger partial charge is 0.492 e. The Morgan fingerprint density at radius 3 is 1.39 bits per heavy atom. The van der Waals surface area contributed by atoms with E-state index in [2.05, 4.69) is 42.7 Å². The maximum atomic E-state index is 9.76. The van der Waals surface area contributed by atoms with Crippen LogP contribution >= 0.6 is 24.8 Å². The maximum absolute atomic E-state index is 9.76. The predicted molar refractivity (Wildman–Crippen MR) is 140 cm³/mol. The van der Waals surface area contributed by atoms with Crippen LogP contribution in [0.5, 0.6) is 11.5 Å². The van der Waals surface area contributed by atoms with E-state index in [0.29, 0.717) is 18.9 Å². The van der Waals surface area contributed by atoms with Gasteiger partial charge in [0.15, 0.2) is 0 Å². The van der Waals surface area contributed by atoms with Gasteiger partial charge in [-0.2, -0.15) is 0 Å². The molecule has 0 fully saturated rings. The Balaban J connectivity index is 0.00000272. The predicted octanol–water partition coefficient (Wildman–Crippen LogP) is 5.18. The maximum Gasteiger partial charge on any atom is 0.120 e. The van der Waals surface area contributed by atoms with Crippen LogP contribution in [0.15, 0.2) is 41.6 Å². The number of halogens is 2. The quantitative estimate of drug-likeness (QED) is 0.276. The second-order valence-electron chi connectivity index (χ2n) is 7.61. The molecule has 0 aromatic heterocycles. The minimum atomic E-state index is 0. The van der Waals surface area contributed by atoms with Crippen LogP contribution < -0.4 is 9.47 Å². The topological polar surface area (TPSA) is 57.5 Å². The summed E-state index contributed by atoms with van der Waals surface area (Å²) in [6.45, 7) is 15.7. The Morgan fingerprint density at radius 1 is 0.667 bits per heavy atom. The Labute approximate surface area is 210 Å². The first kappa shape index (κ1) is 29.0. The Kier molecular flexibility index (Phi) is 12.6. The summed E-state index contributed by atoms with van der Waals surface area (Å²) in [4.78, 5) is 4.65. The van der Waals surface area contributed by atoms with Gasteiger partial charge in [0.25, 0.3) is 0 Å². The van der Waals surface area contributed by atoms with Crippen LogP contribution in [0.4, 0.5) is 0 Å². The van der Waals surface area contributed by atoms with Crippen molar-refractivity contribution in [2.45, 2.75) is 27.7 Å². The molecular weight excluding hydrogens is 461 g/mol. The van der Waals surface area contributed by atoms with Gasteiger partial charge < -0.3 is 24.5 Å². The summed E-state index contributed by atoms with van der Waals surface area (Å²) < 4.78 is 11.9. The smallest absolute Gasteiger partial charge is 0.120 e. The first-order valence-corrected chi connectivity index (χ1v) is 11.4. The number of oxime groups is 1. The zero-order valence-corrected chi connectivity index (χ0v) is 21.7. The summed E-state index contributed by atoms with van der Waals surface area (Å²) >= 11 is 0. The summed E-state index contributed by atoms with van der Waals surface area (Å²) in [6.07, 6.45) is 0. The lowest BCUT2D eigenvalue weighted by molar-refractivity contribution is 0.223. The average Bonchev–Trinajstić information content (AvgIpc) is 3.11. The van der Waals surface area contributed by atoms with Crippen molar-refractivity contribution in [3.63, 3.8) is 0 Å². The molecule has 6 nitrogen and oxygen atoms in total. The summed E-state index contributed by atoms with van der Waals surface area (Å²) in [5, 5.41) is 13.4. The fourth-order valence-corrected chi connectivity index (χ4v) is 4.01. The molecule has 0 spiro atoms. The highest BCUT2D eigenvalue weighted by Crippen LogP contribution is 2.40. The van der Waals surface area contributed by atoms with Gasteiger partial charge in [-0.3, -0.25) is 0 Å². The van der Waals surface area contributed by atoms with Crippen LogP contribution in [0.3, 0.4) is 0 Å². The van der Waals surface area contributed by atoms with Crippen molar-refractivity contribution in [1.82, 2.24) is 9.80 Å². The van der Waals surface area contributed by atoms with E-state index >= 15 is 0 Å². The zero-order valence-electron chi connectivity index (χ0n) is 20.0. The molecule has 0 bridgehead atoms. The van der Waals surface area contributed by atoms with Crippen LogP contribution in [0.1, 0.15) is 38.8 Å². The molecule has 2 aromatic carbocycles. The second kappa shape index (κ2) is 14.3. The molecule has 33 heavy (non-hydrogen) atoms. The van der Waals surface area contributed by atoms with E-state index < -0.39 is 0 Å². The molecule has 2 aromatic rings. The Hall–Kier alpha value is -1.99. The SMILES string of the molecule is CCN(CC)CCOc1ccc2c(c1)C(=NO)c1cc(OCCN(CC)CC)ccc1-2.Cl.Cl. The minimum absolute atomic E-state index is 0. The lowest BCUT2D eigenvalue weighted by Gasteiger charge is -2.18. The van der Waals surface area contributed by atoms with E-state index in [0.717, 1.165) is 73.0 Å². The van der Waals surface area contributed by atoms with Crippen molar-refractivity contribution < 1.29 is 14.7 Å². The average molecular weight is 498 g/mol. The molecule has 3 rings (SSSR count). The minimum Gasteiger partial charge on any atom is -0.492 e. The van der Waals surface area contributed by atoms with Crippen LogP contribution in [-0.4, -0.2) is 73.2 Å². The number of rotatable bonds is 12. The van der Waals surface area contributed by atoms with E-state index in [9.17, 15) is 5.21 Å². The van der Waals surface area contributed by atoms with Crippen molar-refractivity contribution >= 4 is 30.5 Å². The second-order valence-corrected chi connectivity index (χ2v) is 7.61. The third-order valence-electron chi connectivity index (χ3n) is 6.02. The Bertz CT molecular complexity index is 831. The fraction of sp³-hybridized carbons (Fsp3) is 0.480. The molecule has 0 radical (unpaired) electrons. The molecule has 0 aliphatic heterocycles. The van der Waals surface area contributed by atoms with Gasteiger partial charge in [-0.15, -0.1) is 24.8 Å². The molecular formula is C25H37Cl2N3O3. The fourth-order valence-electron chi connectivity index (χ4n) is 4.01. The molecule has 1 aliphatic carbocycles. The van der Waals surface area contributed by atoms with E-state index in [-0.39, 0.29) is 24.8 Å². The van der Waals surface area contributed by atoms with Crippen LogP contribution in [0, 0.1) is 0 Å². The molecule has 0 heterocycles. The monoisotopic (exact) mass is 497 g/mol. The number of benzene rings is 2. The van der Waals surface area contributed by atoms with Crippen molar-refractivity contribution in [1.29, 1.82) is 0 Å². The van der Waals surface area contributed by atoms with Gasteiger partial charge in [0.05, 0.1) is 0 Å². The van der Waals surface area contributed by atoms with Crippen molar-refractivity contribution in [2.75, 3.05) is 52.5 Å². The standard InChI is InChI=1S/C25H35N3O3.2ClH/c1-5-27(6-2)13-15-30-19-9-11-21-22-12-10-20(31-16-14-28(7-3)8-4)18-24(22)25(26-29)23(21)17-19;;/h9-12,17-18,29H,5-8,13-16H2,1-4H3;2*1H. The van der Waals surface area contributed by atoms with Crippen LogP contribution in [0.2, 0.25) is 0 Å².